The van der Waals surface area contributed by atoms with Crippen LogP contribution < -0.4 is 5.73 Å². The maximum Gasteiger partial charge on any atom is 0.253 e. The normalized spacial score (nSPS) is 12.3. The Bertz CT molecular complexity index is 1060. The van der Waals surface area contributed by atoms with Crippen molar-refractivity contribution in [3.63, 3.8) is 0 Å². The van der Waals surface area contributed by atoms with E-state index < -0.39 is 31.4 Å². The highest BCUT2D eigenvalue weighted by atomic mass is 32.1. The summed E-state index contributed by atoms with van der Waals surface area (Å²) in [5, 5.41) is 19.5. The fourth-order valence-corrected chi connectivity index (χ4v) is 3.50. The van der Waals surface area contributed by atoms with Crippen LogP contribution in [-0.2, 0) is 13.2 Å². The number of fused-ring (bicyclic) bond motifs is 1. The largest absolute Gasteiger partial charge is 0.395 e. The molecule has 0 radical (unpaired) electrons. The zero-order valence-electron chi connectivity index (χ0n) is 15.7. The Balaban J connectivity index is 2.22. The van der Waals surface area contributed by atoms with Crippen molar-refractivity contribution in [2.45, 2.75) is 26.0 Å². The van der Waals surface area contributed by atoms with Crippen LogP contribution >= 0.6 is 12.2 Å². The van der Waals surface area contributed by atoms with Gasteiger partial charge in [0.05, 0.1) is 13.2 Å². The maximum atomic E-state index is 13.6. The highest BCUT2D eigenvalue weighted by Crippen LogP contribution is 2.38. The molecule has 0 spiro atoms. The molecular weight excluding hydrogens is 420 g/mol. The molecule has 0 amide bonds. The van der Waals surface area contributed by atoms with Gasteiger partial charge in [-0.15, -0.1) is 0 Å². The Kier molecular flexibility index (Phi) is 6.44. The van der Waals surface area contributed by atoms with E-state index in [0.717, 1.165) is 0 Å². The van der Waals surface area contributed by atoms with Gasteiger partial charge in [0.25, 0.3) is 12.9 Å². The Morgan fingerprint density at radius 1 is 1.07 bits per heavy atom. The smallest absolute Gasteiger partial charge is 0.253 e. The molecule has 4 nitrogen and oxygen atoms in total. The fraction of sp³-hybridized carbons (Fsp3) is 0.286. The zero-order chi connectivity index (χ0) is 22.1. The minimum atomic E-state index is -3.44. The summed E-state index contributed by atoms with van der Waals surface area (Å²) in [6, 6.07) is 11.8. The Labute approximate surface area is 175 Å². The molecule has 2 aromatic carbocycles. The summed E-state index contributed by atoms with van der Waals surface area (Å²) in [6.07, 6.45) is -5.40. The maximum absolute atomic E-state index is 13.6. The molecule has 3 rings (SSSR count). The highest BCUT2D eigenvalue weighted by Gasteiger charge is 2.49. The third kappa shape index (κ3) is 3.92. The van der Waals surface area contributed by atoms with Crippen LogP contribution in [-0.4, -0.2) is 39.2 Å². The van der Waals surface area contributed by atoms with Crippen LogP contribution in [0.5, 0.6) is 0 Å². The number of nitrogens with two attached hydrogens (primary N) is 1. The van der Waals surface area contributed by atoms with Crippen molar-refractivity contribution in [1.29, 1.82) is 0 Å². The Hall–Kier alpha value is -2.49. The van der Waals surface area contributed by atoms with Crippen molar-refractivity contribution in [1.82, 2.24) is 4.57 Å². The lowest BCUT2D eigenvalue weighted by Crippen LogP contribution is -2.44. The summed E-state index contributed by atoms with van der Waals surface area (Å²) >= 11 is 5.00. The topological polar surface area (TPSA) is 71.4 Å². The second kappa shape index (κ2) is 8.71. The number of alkyl halides is 4. The van der Waals surface area contributed by atoms with E-state index in [1.807, 2.05) is 0 Å². The summed E-state index contributed by atoms with van der Waals surface area (Å²) in [5.41, 5.74) is 5.52. The molecule has 160 valence electrons. The average molecular weight is 440 g/mol. The summed E-state index contributed by atoms with van der Waals surface area (Å²) in [7, 11) is 0. The molecule has 0 aliphatic carbocycles. The Morgan fingerprint density at radius 2 is 1.77 bits per heavy atom. The van der Waals surface area contributed by atoms with Crippen LogP contribution in [0.3, 0.4) is 0 Å². The minimum absolute atomic E-state index is 0.179. The monoisotopic (exact) mass is 440 g/mol. The van der Waals surface area contributed by atoms with Crippen LogP contribution in [0.15, 0.2) is 48.7 Å². The van der Waals surface area contributed by atoms with Crippen molar-refractivity contribution in [2.24, 2.45) is 11.1 Å². The number of halogens is 4. The standard InChI is InChI=1S/C21H20F4N2O2S/c22-19(23)21(11-29,20(24)25)10-27-8-16(13-2-1-3-14(7-13)18(26)30)15-5-4-12(9-28)6-17(15)27/h1-8,19-20,28-29H,9-11H2,(H2,26,30). The van der Waals surface area contributed by atoms with E-state index in [2.05, 4.69) is 0 Å². The highest BCUT2D eigenvalue weighted by molar-refractivity contribution is 7.80. The van der Waals surface area contributed by atoms with E-state index in [4.69, 9.17) is 18.0 Å². The molecule has 0 unspecified atom stereocenters. The second-order valence-electron chi connectivity index (χ2n) is 7.12. The summed E-state index contributed by atoms with van der Waals surface area (Å²) in [6.45, 7) is -2.49. The van der Waals surface area contributed by atoms with E-state index in [-0.39, 0.29) is 11.6 Å². The van der Waals surface area contributed by atoms with Crippen molar-refractivity contribution in [3.05, 3.63) is 59.8 Å². The first-order chi connectivity index (χ1) is 14.2. The summed E-state index contributed by atoms with van der Waals surface area (Å²) < 4.78 is 55.6. The number of hydrogen-bond donors (Lipinski definition) is 3. The number of thiocarbonyl (C=S) groups is 1. The average Bonchev–Trinajstić information content (AvgIpc) is 3.08. The van der Waals surface area contributed by atoms with Crippen LogP contribution in [0.4, 0.5) is 17.6 Å². The van der Waals surface area contributed by atoms with E-state index in [1.165, 1.54) is 10.8 Å². The van der Waals surface area contributed by atoms with Gasteiger partial charge in [-0.05, 0) is 23.3 Å². The number of hydrogen-bond acceptors (Lipinski definition) is 3. The molecule has 0 fully saturated rings. The van der Waals surface area contributed by atoms with Crippen molar-refractivity contribution in [3.8, 4) is 11.1 Å². The third-order valence-corrected chi connectivity index (χ3v) is 5.45. The van der Waals surface area contributed by atoms with E-state index in [1.54, 1.807) is 42.5 Å². The molecule has 0 bridgehead atoms. The van der Waals surface area contributed by atoms with Gasteiger partial charge in [-0.3, -0.25) is 0 Å². The van der Waals surface area contributed by atoms with Crippen molar-refractivity contribution < 1.29 is 27.8 Å². The first kappa shape index (κ1) is 22.2. The number of nitrogens with zero attached hydrogens (tertiary/aromatic N) is 1. The van der Waals surface area contributed by atoms with Gasteiger partial charge in [-0.25, -0.2) is 17.6 Å². The number of aromatic nitrogens is 1. The molecule has 0 saturated heterocycles. The van der Waals surface area contributed by atoms with E-state index in [0.29, 0.717) is 33.2 Å². The molecule has 0 atom stereocenters. The first-order valence-electron chi connectivity index (χ1n) is 9.03. The molecule has 1 aromatic heterocycles. The van der Waals surface area contributed by atoms with Crippen molar-refractivity contribution >= 4 is 28.1 Å². The lowest BCUT2D eigenvalue weighted by molar-refractivity contribution is -0.141. The summed E-state index contributed by atoms with van der Waals surface area (Å²) in [4.78, 5) is 0.179. The molecule has 30 heavy (non-hydrogen) atoms. The molecule has 1 heterocycles. The number of benzene rings is 2. The predicted molar refractivity (Wildman–Crippen MR) is 111 cm³/mol. The van der Waals surface area contributed by atoms with Gasteiger partial charge in [0.1, 0.15) is 10.4 Å². The molecule has 0 aliphatic heterocycles. The van der Waals surface area contributed by atoms with Gasteiger partial charge in [0, 0.05) is 34.8 Å². The quantitative estimate of drug-likeness (QED) is 0.367. The number of rotatable bonds is 8. The molecule has 3 aromatic rings. The molecular formula is C21H20F4N2O2S. The van der Waals surface area contributed by atoms with Crippen LogP contribution in [0, 0.1) is 5.41 Å². The molecule has 0 saturated carbocycles. The van der Waals surface area contributed by atoms with Gasteiger partial charge in [0.15, 0.2) is 0 Å². The predicted octanol–water partition coefficient (Wildman–Crippen LogP) is 3.94. The number of aliphatic hydroxyl groups excluding tert-OH is 2. The van der Waals surface area contributed by atoms with Crippen LogP contribution in [0.1, 0.15) is 11.1 Å². The summed E-state index contributed by atoms with van der Waals surface area (Å²) in [5.74, 6) is 0. The minimum Gasteiger partial charge on any atom is -0.395 e. The second-order valence-corrected chi connectivity index (χ2v) is 7.56. The zero-order valence-corrected chi connectivity index (χ0v) is 16.6. The first-order valence-corrected chi connectivity index (χ1v) is 9.44. The molecule has 4 N–H and O–H groups in total. The van der Waals surface area contributed by atoms with Crippen LogP contribution in [0.2, 0.25) is 0 Å². The Morgan fingerprint density at radius 3 is 2.33 bits per heavy atom. The van der Waals surface area contributed by atoms with E-state index >= 15 is 0 Å². The number of aliphatic hydroxyl groups is 2. The molecule has 0 aliphatic rings. The van der Waals surface area contributed by atoms with Gasteiger partial charge in [0.2, 0.25) is 0 Å². The molecule has 9 heteroatoms. The lowest BCUT2D eigenvalue weighted by atomic mass is 9.89. The van der Waals surface area contributed by atoms with Crippen molar-refractivity contribution in [2.75, 3.05) is 6.61 Å². The van der Waals surface area contributed by atoms with Gasteiger partial charge in [-0.2, -0.15) is 0 Å². The van der Waals surface area contributed by atoms with Crippen LogP contribution in [0.25, 0.3) is 22.0 Å². The van der Waals surface area contributed by atoms with E-state index in [9.17, 15) is 27.8 Å². The fourth-order valence-electron chi connectivity index (χ4n) is 3.38. The van der Waals surface area contributed by atoms with Gasteiger partial charge in [-0.1, -0.05) is 42.5 Å². The third-order valence-electron chi connectivity index (χ3n) is 5.22. The SMILES string of the molecule is NC(=S)c1cccc(-c2cn(CC(CO)(C(F)F)C(F)F)c3cc(CO)ccc23)c1. The van der Waals surface area contributed by atoms with Gasteiger partial charge < -0.3 is 20.5 Å². The van der Waals surface area contributed by atoms with Gasteiger partial charge >= 0.3 is 0 Å². The lowest BCUT2D eigenvalue weighted by Gasteiger charge is -2.30.